The summed E-state index contributed by atoms with van der Waals surface area (Å²) in [5, 5.41) is 7.58. The van der Waals surface area contributed by atoms with E-state index in [0.29, 0.717) is 5.92 Å². The molecule has 1 saturated heterocycles. The van der Waals surface area contributed by atoms with Gasteiger partial charge in [-0.2, -0.15) is 5.10 Å². The average molecular weight is 287 g/mol. The highest BCUT2D eigenvalue weighted by Gasteiger charge is 2.21. The van der Waals surface area contributed by atoms with Gasteiger partial charge in [-0.3, -0.25) is 9.48 Å². The number of rotatable bonds is 3. The molecule has 1 amide bonds. The van der Waals surface area contributed by atoms with Crippen molar-refractivity contribution in [2.45, 2.75) is 27.3 Å². The highest BCUT2D eigenvalue weighted by molar-refractivity contribution is 5.95. The molecule has 5 nitrogen and oxygen atoms in total. The highest BCUT2D eigenvalue weighted by Crippen LogP contribution is 2.12. The summed E-state index contributed by atoms with van der Waals surface area (Å²) in [5.74, 6) is 0.648. The number of nitrogens with zero attached hydrogens (tertiary/aromatic N) is 3. The van der Waals surface area contributed by atoms with Crippen LogP contribution in [0.1, 0.15) is 29.9 Å². The summed E-state index contributed by atoms with van der Waals surface area (Å²) in [6.45, 7) is 10.5. The minimum atomic E-state index is 0. The van der Waals surface area contributed by atoms with Gasteiger partial charge in [0.15, 0.2) is 0 Å². The third kappa shape index (κ3) is 3.70. The lowest BCUT2D eigenvalue weighted by atomic mass is 10.2. The first kappa shape index (κ1) is 16.0. The van der Waals surface area contributed by atoms with E-state index in [1.165, 1.54) is 0 Å². The molecule has 6 heteroatoms. The Balaban J connectivity index is 0.00000180. The Morgan fingerprint density at radius 2 is 2.05 bits per heavy atom. The summed E-state index contributed by atoms with van der Waals surface area (Å²) in [6.07, 6.45) is 1.71. The maximum Gasteiger partial charge on any atom is 0.257 e. The quantitative estimate of drug-likeness (QED) is 0.912. The van der Waals surface area contributed by atoms with Gasteiger partial charge in [-0.1, -0.05) is 13.8 Å². The van der Waals surface area contributed by atoms with E-state index in [1.54, 1.807) is 6.20 Å². The molecule has 1 N–H and O–H groups in total. The predicted molar refractivity (Wildman–Crippen MR) is 77.8 cm³/mol. The molecule has 2 heterocycles. The van der Waals surface area contributed by atoms with E-state index < -0.39 is 0 Å². The molecule has 0 spiro atoms. The van der Waals surface area contributed by atoms with Crippen LogP contribution in [0, 0.1) is 12.8 Å². The molecule has 1 aromatic heterocycles. The minimum absolute atomic E-state index is 0. The molecule has 108 valence electrons. The van der Waals surface area contributed by atoms with Gasteiger partial charge in [0.2, 0.25) is 0 Å². The Morgan fingerprint density at radius 1 is 1.42 bits per heavy atom. The summed E-state index contributed by atoms with van der Waals surface area (Å²) in [5.41, 5.74) is 1.73. The van der Waals surface area contributed by atoms with E-state index in [9.17, 15) is 4.79 Å². The van der Waals surface area contributed by atoms with Crippen LogP contribution in [0.25, 0.3) is 0 Å². The number of aromatic nitrogens is 2. The van der Waals surface area contributed by atoms with Gasteiger partial charge in [0.25, 0.3) is 5.91 Å². The smallest absolute Gasteiger partial charge is 0.257 e. The lowest BCUT2D eigenvalue weighted by Crippen LogP contribution is -2.46. The van der Waals surface area contributed by atoms with E-state index in [2.05, 4.69) is 24.3 Å². The van der Waals surface area contributed by atoms with Gasteiger partial charge < -0.3 is 10.2 Å². The first-order valence-electron chi connectivity index (χ1n) is 6.62. The van der Waals surface area contributed by atoms with Crippen LogP contribution in [0.4, 0.5) is 0 Å². The van der Waals surface area contributed by atoms with Crippen LogP contribution in [-0.4, -0.2) is 46.8 Å². The lowest BCUT2D eigenvalue weighted by Gasteiger charge is -2.27. The highest BCUT2D eigenvalue weighted by atomic mass is 35.5. The molecular formula is C13H23ClN4O. The van der Waals surface area contributed by atoms with Crippen molar-refractivity contribution >= 4 is 18.3 Å². The topological polar surface area (TPSA) is 50.2 Å². The lowest BCUT2D eigenvalue weighted by molar-refractivity contribution is 0.0735. The van der Waals surface area contributed by atoms with Crippen LogP contribution >= 0.6 is 12.4 Å². The summed E-state index contributed by atoms with van der Waals surface area (Å²) in [6, 6.07) is 0. The Bertz CT molecular complexity index is 424. The summed E-state index contributed by atoms with van der Waals surface area (Å²) >= 11 is 0. The molecule has 0 unspecified atom stereocenters. The molecule has 19 heavy (non-hydrogen) atoms. The van der Waals surface area contributed by atoms with Crippen molar-refractivity contribution in [1.29, 1.82) is 0 Å². The van der Waals surface area contributed by atoms with Crippen LogP contribution in [-0.2, 0) is 6.54 Å². The Labute approximate surface area is 120 Å². The molecule has 0 radical (unpaired) electrons. The third-order valence-corrected chi connectivity index (χ3v) is 3.28. The third-order valence-electron chi connectivity index (χ3n) is 3.28. The molecule has 2 rings (SSSR count). The van der Waals surface area contributed by atoms with Crippen molar-refractivity contribution in [1.82, 2.24) is 20.0 Å². The van der Waals surface area contributed by atoms with Gasteiger partial charge in [-0.05, 0) is 12.8 Å². The van der Waals surface area contributed by atoms with E-state index in [-0.39, 0.29) is 18.3 Å². The van der Waals surface area contributed by atoms with Gasteiger partial charge in [0, 0.05) is 38.4 Å². The fraction of sp³-hybridized carbons (Fsp3) is 0.692. The molecule has 0 aliphatic carbocycles. The van der Waals surface area contributed by atoms with Crippen molar-refractivity contribution in [3.63, 3.8) is 0 Å². The van der Waals surface area contributed by atoms with Gasteiger partial charge in [0.1, 0.15) is 0 Å². The van der Waals surface area contributed by atoms with Crippen molar-refractivity contribution in [3.8, 4) is 0 Å². The van der Waals surface area contributed by atoms with Crippen LogP contribution in [0.2, 0.25) is 0 Å². The van der Waals surface area contributed by atoms with Crippen LogP contribution in [0.15, 0.2) is 6.20 Å². The SMILES string of the molecule is Cc1c(C(=O)N2CCNCC2)cnn1CC(C)C.Cl. The van der Waals surface area contributed by atoms with E-state index >= 15 is 0 Å². The van der Waals surface area contributed by atoms with Crippen LogP contribution in [0.3, 0.4) is 0 Å². The Kier molecular flexibility index (Phi) is 5.82. The normalized spacial score (nSPS) is 15.5. The molecule has 1 fully saturated rings. The van der Waals surface area contributed by atoms with E-state index in [0.717, 1.165) is 44.0 Å². The minimum Gasteiger partial charge on any atom is -0.336 e. The van der Waals surface area contributed by atoms with Crippen molar-refractivity contribution in [2.24, 2.45) is 5.92 Å². The molecule has 0 saturated carbocycles. The fourth-order valence-corrected chi connectivity index (χ4v) is 2.22. The van der Waals surface area contributed by atoms with Crippen molar-refractivity contribution in [2.75, 3.05) is 26.2 Å². The Hall–Kier alpha value is -1.07. The first-order chi connectivity index (χ1) is 8.59. The molecule has 1 aromatic rings. The van der Waals surface area contributed by atoms with Crippen molar-refractivity contribution < 1.29 is 4.79 Å². The summed E-state index contributed by atoms with van der Waals surface area (Å²) in [4.78, 5) is 14.3. The van der Waals surface area contributed by atoms with E-state index in [1.807, 2.05) is 16.5 Å². The second kappa shape index (κ2) is 6.91. The number of carbonyl (C=O) groups excluding carboxylic acids is 1. The second-order valence-electron chi connectivity index (χ2n) is 5.26. The zero-order valence-corrected chi connectivity index (χ0v) is 12.7. The monoisotopic (exact) mass is 286 g/mol. The van der Waals surface area contributed by atoms with Gasteiger partial charge in [0.05, 0.1) is 11.8 Å². The zero-order valence-electron chi connectivity index (χ0n) is 11.8. The van der Waals surface area contributed by atoms with Crippen LogP contribution in [0.5, 0.6) is 0 Å². The maximum absolute atomic E-state index is 12.4. The molecule has 1 aliphatic rings. The van der Waals surface area contributed by atoms with Crippen LogP contribution < -0.4 is 5.32 Å². The second-order valence-corrected chi connectivity index (χ2v) is 5.26. The predicted octanol–water partition coefficient (Wildman–Crippen LogP) is 1.31. The maximum atomic E-state index is 12.4. The largest absolute Gasteiger partial charge is 0.336 e. The first-order valence-corrected chi connectivity index (χ1v) is 6.62. The number of nitrogens with one attached hydrogen (secondary N) is 1. The molecular weight excluding hydrogens is 264 g/mol. The molecule has 1 aliphatic heterocycles. The fourth-order valence-electron chi connectivity index (χ4n) is 2.22. The van der Waals surface area contributed by atoms with Gasteiger partial charge in [-0.25, -0.2) is 0 Å². The standard InChI is InChI=1S/C13H22N4O.ClH/c1-10(2)9-17-11(3)12(8-15-17)13(18)16-6-4-14-5-7-16;/h8,10,14H,4-7,9H2,1-3H3;1H. The summed E-state index contributed by atoms with van der Waals surface area (Å²) in [7, 11) is 0. The average Bonchev–Trinajstić information content (AvgIpc) is 2.71. The summed E-state index contributed by atoms with van der Waals surface area (Å²) < 4.78 is 1.93. The Morgan fingerprint density at radius 3 is 2.63 bits per heavy atom. The number of hydrogen-bond donors (Lipinski definition) is 1. The molecule has 0 bridgehead atoms. The van der Waals surface area contributed by atoms with Gasteiger partial charge in [-0.15, -0.1) is 12.4 Å². The molecule has 0 aromatic carbocycles. The number of amides is 1. The van der Waals surface area contributed by atoms with Gasteiger partial charge >= 0.3 is 0 Å². The van der Waals surface area contributed by atoms with E-state index in [4.69, 9.17) is 0 Å². The molecule has 0 atom stereocenters. The number of hydrogen-bond acceptors (Lipinski definition) is 3. The number of halogens is 1. The zero-order chi connectivity index (χ0) is 13.1. The number of carbonyl (C=O) groups is 1. The number of piperazine rings is 1. The van der Waals surface area contributed by atoms with Crippen molar-refractivity contribution in [3.05, 3.63) is 17.5 Å².